The molecule has 0 saturated carbocycles. The maximum absolute atomic E-state index is 13.9. The molecule has 2 heterocycles. The van der Waals surface area contributed by atoms with Gasteiger partial charge < -0.3 is 15.4 Å². The summed E-state index contributed by atoms with van der Waals surface area (Å²) in [6, 6.07) is 16.5. The van der Waals surface area contributed by atoms with E-state index in [2.05, 4.69) is 12.1 Å². The molecular formula is C22H25FN2O2. The number of amides is 1. The van der Waals surface area contributed by atoms with Gasteiger partial charge in [0.15, 0.2) is 0 Å². The molecule has 27 heavy (non-hydrogen) atoms. The highest BCUT2D eigenvalue weighted by molar-refractivity contribution is 5.89. The van der Waals surface area contributed by atoms with Crippen LogP contribution in [-0.4, -0.2) is 43.2 Å². The Morgan fingerprint density at radius 2 is 1.81 bits per heavy atom. The van der Waals surface area contributed by atoms with Crippen molar-refractivity contribution >= 4 is 5.91 Å². The summed E-state index contributed by atoms with van der Waals surface area (Å²) in [5, 5.41) is 0. The smallest absolute Gasteiger partial charge is 0.233 e. The zero-order valence-corrected chi connectivity index (χ0v) is 15.3. The number of rotatable bonds is 3. The number of benzene rings is 2. The van der Waals surface area contributed by atoms with E-state index < -0.39 is 5.41 Å². The van der Waals surface area contributed by atoms with E-state index in [1.165, 1.54) is 12.1 Å². The number of ether oxygens (including phenoxy) is 1. The first-order valence-electron chi connectivity index (χ1n) is 9.54. The van der Waals surface area contributed by atoms with Gasteiger partial charge in [-0.05, 0) is 36.1 Å². The average molecular weight is 368 g/mol. The molecule has 2 aliphatic rings. The molecule has 0 aliphatic carbocycles. The van der Waals surface area contributed by atoms with Crippen LogP contribution in [0.25, 0.3) is 0 Å². The van der Waals surface area contributed by atoms with Crippen LogP contribution in [0, 0.1) is 5.82 Å². The largest absolute Gasteiger partial charge is 0.381 e. The molecule has 0 unspecified atom stereocenters. The zero-order valence-electron chi connectivity index (χ0n) is 15.3. The van der Waals surface area contributed by atoms with Crippen molar-refractivity contribution in [3.8, 4) is 0 Å². The predicted molar refractivity (Wildman–Crippen MR) is 102 cm³/mol. The van der Waals surface area contributed by atoms with Crippen molar-refractivity contribution in [3.63, 3.8) is 0 Å². The van der Waals surface area contributed by atoms with Crippen LogP contribution >= 0.6 is 0 Å². The van der Waals surface area contributed by atoms with Gasteiger partial charge in [0, 0.05) is 38.3 Å². The van der Waals surface area contributed by atoms with Crippen LogP contribution in [0.1, 0.15) is 29.9 Å². The monoisotopic (exact) mass is 368 g/mol. The Balaban J connectivity index is 1.63. The fourth-order valence-corrected chi connectivity index (χ4v) is 4.48. The normalized spacial score (nSPS) is 24.7. The summed E-state index contributed by atoms with van der Waals surface area (Å²) in [6.45, 7) is 2.13. The minimum absolute atomic E-state index is 0.0466. The Morgan fingerprint density at radius 1 is 1.07 bits per heavy atom. The van der Waals surface area contributed by atoms with Gasteiger partial charge in [-0.1, -0.05) is 42.5 Å². The van der Waals surface area contributed by atoms with Crippen LogP contribution in [0.2, 0.25) is 0 Å². The van der Waals surface area contributed by atoms with Gasteiger partial charge in [0.25, 0.3) is 0 Å². The number of hydrogen-bond acceptors (Lipinski definition) is 3. The topological polar surface area (TPSA) is 55.6 Å². The first kappa shape index (κ1) is 18.1. The van der Waals surface area contributed by atoms with E-state index >= 15 is 0 Å². The molecule has 142 valence electrons. The first-order chi connectivity index (χ1) is 13.1. The van der Waals surface area contributed by atoms with Gasteiger partial charge in [0.05, 0.1) is 5.41 Å². The number of carbonyl (C=O) groups excluding carboxylic acids is 1. The summed E-state index contributed by atoms with van der Waals surface area (Å²) in [5.41, 5.74) is 7.57. The van der Waals surface area contributed by atoms with E-state index in [4.69, 9.17) is 10.5 Å². The summed E-state index contributed by atoms with van der Waals surface area (Å²) in [4.78, 5) is 15.5. The van der Waals surface area contributed by atoms with Gasteiger partial charge in [-0.15, -0.1) is 0 Å². The number of nitrogens with two attached hydrogens (primary N) is 1. The lowest BCUT2D eigenvalue weighted by Gasteiger charge is -2.39. The van der Waals surface area contributed by atoms with Crippen LogP contribution in [0.3, 0.4) is 0 Å². The highest BCUT2D eigenvalue weighted by Crippen LogP contribution is 2.39. The maximum atomic E-state index is 13.9. The highest BCUT2D eigenvalue weighted by Gasteiger charge is 2.47. The third-order valence-electron chi connectivity index (χ3n) is 6.01. The van der Waals surface area contributed by atoms with Gasteiger partial charge in [-0.25, -0.2) is 4.39 Å². The minimum Gasteiger partial charge on any atom is -0.381 e. The average Bonchev–Trinajstić information content (AvgIpc) is 3.10. The quantitative estimate of drug-likeness (QED) is 0.906. The molecule has 0 aromatic heterocycles. The molecule has 1 amide bonds. The first-order valence-corrected chi connectivity index (χ1v) is 9.54. The molecular weight excluding hydrogens is 343 g/mol. The second-order valence-electron chi connectivity index (χ2n) is 7.60. The molecule has 2 saturated heterocycles. The third-order valence-corrected chi connectivity index (χ3v) is 6.01. The molecule has 0 radical (unpaired) electrons. The lowest BCUT2D eigenvalue weighted by Crippen LogP contribution is -2.49. The summed E-state index contributed by atoms with van der Waals surface area (Å²) in [6.07, 6.45) is 1.13. The van der Waals surface area contributed by atoms with Crippen molar-refractivity contribution in [2.45, 2.75) is 30.2 Å². The molecule has 5 heteroatoms. The van der Waals surface area contributed by atoms with E-state index in [-0.39, 0.29) is 23.7 Å². The Morgan fingerprint density at radius 3 is 2.52 bits per heavy atom. The fraction of sp³-hybridized carbons (Fsp3) is 0.409. The predicted octanol–water partition coefficient (Wildman–Crippen LogP) is 2.83. The summed E-state index contributed by atoms with van der Waals surface area (Å²) >= 11 is 0. The molecule has 4 rings (SSSR count). The number of nitrogens with zero attached hydrogens (tertiary/aromatic N) is 1. The van der Waals surface area contributed by atoms with Crippen LogP contribution in [0.5, 0.6) is 0 Å². The van der Waals surface area contributed by atoms with Crippen LogP contribution in [0.15, 0.2) is 54.6 Å². The Labute approximate surface area is 159 Å². The molecule has 2 N–H and O–H groups in total. The standard InChI is InChI=1S/C22H25FN2O2/c23-18-8-4-7-17(13-18)22(9-11-27-12-10-22)21(26)25-14-19(20(24)15-25)16-5-2-1-3-6-16/h1-8,13,19-20H,9-12,14-15,24H2/t19-,20+/m0/s1. The Kier molecular flexibility index (Phi) is 4.98. The van der Waals surface area contributed by atoms with Crippen LogP contribution in [-0.2, 0) is 14.9 Å². The van der Waals surface area contributed by atoms with Crippen LogP contribution < -0.4 is 5.73 Å². The minimum atomic E-state index is -0.731. The summed E-state index contributed by atoms with van der Waals surface area (Å²) in [7, 11) is 0. The summed E-state index contributed by atoms with van der Waals surface area (Å²) < 4.78 is 19.4. The number of halogens is 1. The van der Waals surface area contributed by atoms with E-state index in [1.54, 1.807) is 6.07 Å². The molecule has 2 fully saturated rings. The molecule has 0 bridgehead atoms. The molecule has 0 spiro atoms. The second kappa shape index (κ2) is 7.41. The van der Waals surface area contributed by atoms with Gasteiger partial charge in [0.1, 0.15) is 5.82 Å². The van der Waals surface area contributed by atoms with Crippen molar-refractivity contribution < 1.29 is 13.9 Å². The number of hydrogen-bond donors (Lipinski definition) is 1. The SMILES string of the molecule is N[C@@H]1CN(C(=O)C2(c3cccc(F)c3)CCOCC2)C[C@H]1c1ccccc1. The van der Waals surface area contributed by atoms with Crippen molar-refractivity contribution in [1.29, 1.82) is 0 Å². The number of likely N-dealkylation sites (tertiary alicyclic amines) is 1. The number of carbonyl (C=O) groups is 1. The van der Waals surface area contributed by atoms with Crippen molar-refractivity contribution in [1.82, 2.24) is 4.90 Å². The van der Waals surface area contributed by atoms with Crippen LogP contribution in [0.4, 0.5) is 4.39 Å². The van der Waals surface area contributed by atoms with Crippen molar-refractivity contribution in [3.05, 3.63) is 71.5 Å². The highest BCUT2D eigenvalue weighted by atomic mass is 19.1. The molecule has 2 aromatic carbocycles. The van der Waals surface area contributed by atoms with Gasteiger partial charge >= 0.3 is 0 Å². The Bertz CT molecular complexity index is 805. The lowest BCUT2D eigenvalue weighted by molar-refractivity contribution is -0.140. The van der Waals surface area contributed by atoms with E-state index in [0.717, 1.165) is 11.1 Å². The van der Waals surface area contributed by atoms with Crippen molar-refractivity contribution in [2.75, 3.05) is 26.3 Å². The van der Waals surface area contributed by atoms with E-state index in [1.807, 2.05) is 29.2 Å². The molecule has 2 aromatic rings. The van der Waals surface area contributed by atoms with E-state index in [0.29, 0.717) is 39.1 Å². The lowest BCUT2D eigenvalue weighted by atomic mass is 9.73. The van der Waals surface area contributed by atoms with Gasteiger partial charge in [0.2, 0.25) is 5.91 Å². The molecule has 2 aliphatic heterocycles. The maximum Gasteiger partial charge on any atom is 0.233 e. The Hall–Kier alpha value is -2.24. The van der Waals surface area contributed by atoms with Gasteiger partial charge in [-0.2, -0.15) is 0 Å². The molecule has 4 nitrogen and oxygen atoms in total. The third kappa shape index (κ3) is 3.37. The van der Waals surface area contributed by atoms with Crippen molar-refractivity contribution in [2.24, 2.45) is 5.73 Å². The zero-order chi connectivity index (χ0) is 18.9. The summed E-state index contributed by atoms with van der Waals surface area (Å²) in [5.74, 6) is -0.142. The fourth-order valence-electron chi connectivity index (χ4n) is 4.48. The van der Waals surface area contributed by atoms with Gasteiger partial charge in [-0.3, -0.25) is 4.79 Å². The molecule has 2 atom stereocenters. The van der Waals surface area contributed by atoms with E-state index in [9.17, 15) is 9.18 Å². The second-order valence-corrected chi connectivity index (χ2v) is 7.60.